The second kappa shape index (κ2) is 7.45. The van der Waals surface area contributed by atoms with E-state index in [9.17, 15) is 13.2 Å². The minimum atomic E-state index is -3.68. The second-order valence-corrected chi connectivity index (χ2v) is 6.94. The first kappa shape index (κ1) is 19.0. The van der Waals surface area contributed by atoms with Gasteiger partial charge in [-0.1, -0.05) is 0 Å². The molecule has 0 aromatic carbocycles. The highest BCUT2D eigenvalue weighted by atomic mass is 35.5. The summed E-state index contributed by atoms with van der Waals surface area (Å²) in [5, 5.41) is 2.94. The Bertz CT molecular complexity index is 629. The minimum absolute atomic E-state index is 0. The molecular weight excluding hydrogens is 330 g/mol. The summed E-state index contributed by atoms with van der Waals surface area (Å²) in [6, 6.07) is 1.57. The molecule has 2 rings (SSSR count). The molecule has 1 atom stereocenters. The Morgan fingerprint density at radius 2 is 2.09 bits per heavy atom. The van der Waals surface area contributed by atoms with Crippen molar-refractivity contribution >= 4 is 28.3 Å². The Morgan fingerprint density at radius 3 is 2.68 bits per heavy atom. The number of amides is 1. The molecule has 9 heteroatoms. The predicted molar refractivity (Wildman–Crippen MR) is 84.9 cm³/mol. The van der Waals surface area contributed by atoms with Gasteiger partial charge in [-0.05, 0) is 33.9 Å². The van der Waals surface area contributed by atoms with Gasteiger partial charge in [0.2, 0.25) is 5.09 Å². The molecule has 1 aromatic rings. The van der Waals surface area contributed by atoms with Crippen LogP contribution in [0.15, 0.2) is 15.6 Å². The van der Waals surface area contributed by atoms with Crippen molar-refractivity contribution in [2.75, 3.05) is 27.2 Å². The molecule has 1 fully saturated rings. The van der Waals surface area contributed by atoms with E-state index in [1.54, 1.807) is 11.8 Å². The van der Waals surface area contributed by atoms with Crippen molar-refractivity contribution in [1.29, 1.82) is 0 Å². The normalized spacial score (nSPS) is 18.9. The van der Waals surface area contributed by atoms with Crippen molar-refractivity contribution in [3.8, 4) is 0 Å². The highest BCUT2D eigenvalue weighted by molar-refractivity contribution is 7.89. The van der Waals surface area contributed by atoms with E-state index in [2.05, 4.69) is 10.0 Å². The van der Waals surface area contributed by atoms with Gasteiger partial charge in [-0.3, -0.25) is 4.79 Å². The number of likely N-dealkylation sites (tertiary alicyclic amines) is 1. The molecule has 0 radical (unpaired) electrons. The zero-order chi connectivity index (χ0) is 15.6. The Balaban J connectivity index is 0.00000242. The van der Waals surface area contributed by atoms with Gasteiger partial charge in [-0.2, -0.15) is 0 Å². The molecule has 0 aliphatic carbocycles. The van der Waals surface area contributed by atoms with E-state index in [-0.39, 0.29) is 29.4 Å². The van der Waals surface area contributed by atoms with Gasteiger partial charge in [0.25, 0.3) is 15.9 Å². The maximum atomic E-state index is 12.5. The third-order valence-electron chi connectivity index (χ3n) is 3.78. The summed E-state index contributed by atoms with van der Waals surface area (Å²) in [6.45, 7) is 2.89. The fraction of sp³-hybridized carbons (Fsp3) is 0.615. The van der Waals surface area contributed by atoms with Crippen LogP contribution in [0, 0.1) is 6.92 Å². The SMILES string of the molecule is CNC1CCCN(C(=O)c2cc(S(=O)(=O)NC)oc2C)C1.Cl. The summed E-state index contributed by atoms with van der Waals surface area (Å²) in [6.07, 6.45) is 1.96. The van der Waals surface area contributed by atoms with Gasteiger partial charge in [-0.15, -0.1) is 12.4 Å². The predicted octanol–water partition coefficient (Wildman–Crippen LogP) is 0.742. The number of nitrogens with one attached hydrogen (secondary N) is 2. The second-order valence-electron chi connectivity index (χ2n) is 5.12. The van der Waals surface area contributed by atoms with Crippen molar-refractivity contribution in [2.45, 2.75) is 30.9 Å². The third kappa shape index (κ3) is 3.81. The Kier molecular flexibility index (Phi) is 6.42. The first-order chi connectivity index (χ1) is 9.89. The number of nitrogens with zero attached hydrogens (tertiary/aromatic N) is 1. The summed E-state index contributed by atoms with van der Waals surface area (Å²) in [4.78, 5) is 14.3. The molecule has 0 bridgehead atoms. The number of sulfonamides is 1. The van der Waals surface area contributed by atoms with Gasteiger partial charge in [-0.25, -0.2) is 13.1 Å². The van der Waals surface area contributed by atoms with Gasteiger partial charge in [0.15, 0.2) is 0 Å². The lowest BCUT2D eigenvalue weighted by Crippen LogP contribution is -2.47. The Labute approximate surface area is 136 Å². The molecular formula is C13H22ClN3O4S. The number of rotatable bonds is 4. The molecule has 1 saturated heterocycles. The van der Waals surface area contributed by atoms with Crippen LogP contribution in [0.2, 0.25) is 0 Å². The average molecular weight is 352 g/mol. The standard InChI is InChI=1S/C13H21N3O4S.ClH/c1-9-11(7-12(20-9)21(18,19)15-3)13(17)16-6-4-5-10(8-16)14-2;/h7,10,14-15H,4-6,8H2,1-3H3;1H. The topological polar surface area (TPSA) is 91.7 Å². The number of hydrogen-bond acceptors (Lipinski definition) is 5. The molecule has 0 saturated carbocycles. The number of likely N-dealkylation sites (N-methyl/N-ethyl adjacent to an activating group) is 1. The van der Waals surface area contributed by atoms with Gasteiger partial charge in [0.1, 0.15) is 5.76 Å². The van der Waals surface area contributed by atoms with Crippen molar-refractivity contribution in [3.63, 3.8) is 0 Å². The highest BCUT2D eigenvalue weighted by Crippen LogP contribution is 2.22. The van der Waals surface area contributed by atoms with E-state index < -0.39 is 10.0 Å². The van der Waals surface area contributed by atoms with Gasteiger partial charge < -0.3 is 14.6 Å². The summed E-state index contributed by atoms with van der Waals surface area (Å²) in [5.74, 6) is 0.133. The number of halogens is 1. The largest absolute Gasteiger partial charge is 0.448 e. The summed E-state index contributed by atoms with van der Waals surface area (Å²) in [7, 11) is -0.503. The number of hydrogen-bond donors (Lipinski definition) is 2. The van der Waals surface area contributed by atoms with Crippen LogP contribution in [0.25, 0.3) is 0 Å². The first-order valence-corrected chi connectivity index (χ1v) is 8.38. The van der Waals surface area contributed by atoms with Crippen molar-refractivity contribution in [2.24, 2.45) is 0 Å². The average Bonchev–Trinajstić information content (AvgIpc) is 2.89. The number of aryl methyl sites for hydroxylation is 1. The Morgan fingerprint density at radius 1 is 1.41 bits per heavy atom. The number of carbonyl (C=O) groups excluding carboxylic acids is 1. The van der Waals surface area contributed by atoms with E-state index in [0.717, 1.165) is 12.8 Å². The summed E-state index contributed by atoms with van der Waals surface area (Å²) < 4.78 is 30.8. The Hall–Kier alpha value is -1.09. The lowest BCUT2D eigenvalue weighted by atomic mass is 10.0. The van der Waals surface area contributed by atoms with Gasteiger partial charge in [0, 0.05) is 25.2 Å². The molecule has 22 heavy (non-hydrogen) atoms. The highest BCUT2D eigenvalue weighted by Gasteiger charge is 2.28. The lowest BCUT2D eigenvalue weighted by Gasteiger charge is -2.32. The van der Waals surface area contributed by atoms with Crippen molar-refractivity contribution < 1.29 is 17.6 Å². The first-order valence-electron chi connectivity index (χ1n) is 6.89. The van der Waals surface area contributed by atoms with Crippen LogP contribution in [-0.2, 0) is 10.0 Å². The van der Waals surface area contributed by atoms with Crippen LogP contribution < -0.4 is 10.0 Å². The maximum absolute atomic E-state index is 12.5. The van der Waals surface area contributed by atoms with Crippen LogP contribution in [0.4, 0.5) is 0 Å². The molecule has 1 aliphatic heterocycles. The lowest BCUT2D eigenvalue weighted by molar-refractivity contribution is 0.0696. The number of carbonyl (C=O) groups is 1. The quantitative estimate of drug-likeness (QED) is 0.834. The molecule has 2 heterocycles. The molecule has 1 aromatic heterocycles. The minimum Gasteiger partial charge on any atom is -0.448 e. The molecule has 2 N–H and O–H groups in total. The smallest absolute Gasteiger partial charge is 0.273 e. The fourth-order valence-electron chi connectivity index (χ4n) is 2.47. The molecule has 7 nitrogen and oxygen atoms in total. The molecule has 0 spiro atoms. The van der Waals surface area contributed by atoms with E-state index in [4.69, 9.17) is 4.42 Å². The molecule has 1 aliphatic rings. The van der Waals surface area contributed by atoms with E-state index in [1.807, 2.05) is 7.05 Å². The zero-order valence-corrected chi connectivity index (χ0v) is 14.5. The van der Waals surface area contributed by atoms with Gasteiger partial charge >= 0.3 is 0 Å². The van der Waals surface area contributed by atoms with E-state index >= 15 is 0 Å². The molecule has 1 unspecified atom stereocenters. The van der Waals surface area contributed by atoms with Gasteiger partial charge in [0.05, 0.1) is 5.56 Å². The van der Waals surface area contributed by atoms with Crippen LogP contribution in [0.1, 0.15) is 29.0 Å². The van der Waals surface area contributed by atoms with Crippen LogP contribution >= 0.6 is 12.4 Å². The van der Waals surface area contributed by atoms with Crippen LogP contribution in [0.5, 0.6) is 0 Å². The summed E-state index contributed by atoms with van der Waals surface area (Å²) in [5.41, 5.74) is 0.306. The van der Waals surface area contributed by atoms with Crippen LogP contribution in [-0.4, -0.2) is 52.5 Å². The van der Waals surface area contributed by atoms with Crippen molar-refractivity contribution in [3.05, 3.63) is 17.4 Å². The zero-order valence-electron chi connectivity index (χ0n) is 12.9. The fourth-order valence-corrected chi connectivity index (χ4v) is 3.18. The van der Waals surface area contributed by atoms with E-state index in [1.165, 1.54) is 13.1 Å². The monoisotopic (exact) mass is 351 g/mol. The molecule has 126 valence electrons. The number of furan rings is 1. The van der Waals surface area contributed by atoms with Crippen LogP contribution in [0.3, 0.4) is 0 Å². The third-order valence-corrected chi connectivity index (χ3v) is 5.04. The number of piperidine rings is 1. The maximum Gasteiger partial charge on any atom is 0.273 e. The van der Waals surface area contributed by atoms with Crippen molar-refractivity contribution in [1.82, 2.24) is 14.9 Å². The van der Waals surface area contributed by atoms with E-state index in [0.29, 0.717) is 24.4 Å². The molecule has 1 amide bonds. The summed E-state index contributed by atoms with van der Waals surface area (Å²) >= 11 is 0.